The first kappa shape index (κ1) is 19.0. The summed E-state index contributed by atoms with van der Waals surface area (Å²) in [6.45, 7) is 2.91. The number of benzene rings is 2. The van der Waals surface area contributed by atoms with E-state index in [1.807, 2.05) is 30.3 Å². The maximum atomic E-state index is 5.83. The summed E-state index contributed by atoms with van der Waals surface area (Å²) < 4.78 is 33.1. The van der Waals surface area contributed by atoms with Crippen LogP contribution in [-0.4, -0.2) is 47.7 Å². The van der Waals surface area contributed by atoms with E-state index in [9.17, 15) is 0 Å². The fourth-order valence-electron chi connectivity index (χ4n) is 2.86. The Labute approximate surface area is 159 Å². The van der Waals surface area contributed by atoms with Gasteiger partial charge in [0, 0.05) is 13.1 Å². The van der Waals surface area contributed by atoms with E-state index < -0.39 is 0 Å². The molecule has 7 nitrogen and oxygen atoms in total. The van der Waals surface area contributed by atoms with Crippen LogP contribution >= 0.6 is 0 Å². The molecular weight excluding hydrogens is 350 g/mol. The summed E-state index contributed by atoms with van der Waals surface area (Å²) >= 11 is 0. The van der Waals surface area contributed by atoms with Crippen molar-refractivity contribution in [2.75, 3.05) is 47.7 Å². The SMILES string of the molecule is COc1cc(CNCCOc2cccc3c2OCCO3)cc(OC)c1OC. The zero-order valence-corrected chi connectivity index (χ0v) is 15.9. The molecule has 0 bridgehead atoms. The van der Waals surface area contributed by atoms with Gasteiger partial charge in [-0.25, -0.2) is 0 Å². The number of rotatable bonds is 9. The van der Waals surface area contributed by atoms with Crippen molar-refractivity contribution in [3.8, 4) is 34.5 Å². The Morgan fingerprint density at radius 3 is 2.37 bits per heavy atom. The molecule has 0 unspecified atom stereocenters. The number of hydrogen-bond donors (Lipinski definition) is 1. The molecule has 0 radical (unpaired) electrons. The average molecular weight is 375 g/mol. The predicted molar refractivity (Wildman–Crippen MR) is 101 cm³/mol. The minimum atomic E-state index is 0.504. The Morgan fingerprint density at radius 2 is 1.67 bits per heavy atom. The van der Waals surface area contributed by atoms with Gasteiger partial charge in [-0.1, -0.05) is 6.07 Å². The first-order chi connectivity index (χ1) is 13.3. The molecule has 0 atom stereocenters. The van der Waals surface area contributed by atoms with E-state index in [4.69, 9.17) is 28.4 Å². The van der Waals surface area contributed by atoms with Crippen molar-refractivity contribution < 1.29 is 28.4 Å². The summed E-state index contributed by atoms with van der Waals surface area (Å²) in [7, 11) is 4.80. The lowest BCUT2D eigenvalue weighted by molar-refractivity contribution is 0.162. The van der Waals surface area contributed by atoms with Crippen LogP contribution in [0.25, 0.3) is 0 Å². The second-order valence-electron chi connectivity index (χ2n) is 5.84. The lowest BCUT2D eigenvalue weighted by atomic mass is 10.2. The first-order valence-corrected chi connectivity index (χ1v) is 8.77. The highest BCUT2D eigenvalue weighted by atomic mass is 16.6. The summed E-state index contributed by atoms with van der Waals surface area (Å²) in [5.74, 6) is 3.96. The highest BCUT2D eigenvalue weighted by molar-refractivity contribution is 5.54. The average Bonchev–Trinajstić information content (AvgIpc) is 2.72. The fraction of sp³-hybridized carbons (Fsp3) is 0.400. The highest BCUT2D eigenvalue weighted by Gasteiger charge is 2.16. The lowest BCUT2D eigenvalue weighted by Crippen LogP contribution is -2.21. The maximum absolute atomic E-state index is 5.83. The van der Waals surface area contributed by atoms with Crippen LogP contribution in [0.3, 0.4) is 0 Å². The van der Waals surface area contributed by atoms with Crippen molar-refractivity contribution in [3.05, 3.63) is 35.9 Å². The molecule has 0 fully saturated rings. The molecule has 0 amide bonds. The van der Waals surface area contributed by atoms with Gasteiger partial charge in [0.15, 0.2) is 23.0 Å². The molecular formula is C20H25NO6. The topological polar surface area (TPSA) is 67.4 Å². The third-order valence-corrected chi connectivity index (χ3v) is 4.12. The van der Waals surface area contributed by atoms with Crippen LogP contribution < -0.4 is 33.7 Å². The second-order valence-corrected chi connectivity index (χ2v) is 5.84. The Morgan fingerprint density at radius 1 is 0.926 bits per heavy atom. The van der Waals surface area contributed by atoms with E-state index >= 15 is 0 Å². The summed E-state index contributed by atoms with van der Waals surface area (Å²) in [5, 5.41) is 3.34. The van der Waals surface area contributed by atoms with Crippen molar-refractivity contribution >= 4 is 0 Å². The van der Waals surface area contributed by atoms with Gasteiger partial charge >= 0.3 is 0 Å². The summed E-state index contributed by atoms with van der Waals surface area (Å²) in [5.41, 5.74) is 1.03. The van der Waals surface area contributed by atoms with Crippen molar-refractivity contribution in [2.24, 2.45) is 0 Å². The molecule has 0 aromatic heterocycles. The van der Waals surface area contributed by atoms with Crippen molar-refractivity contribution in [1.82, 2.24) is 5.32 Å². The van der Waals surface area contributed by atoms with Crippen LogP contribution in [0, 0.1) is 0 Å². The molecule has 1 aliphatic heterocycles. The molecule has 1 aliphatic rings. The molecule has 3 rings (SSSR count). The Balaban J connectivity index is 1.52. The number of fused-ring (bicyclic) bond motifs is 1. The molecule has 0 spiro atoms. The van der Waals surface area contributed by atoms with Gasteiger partial charge in [0.25, 0.3) is 0 Å². The number of nitrogens with one attached hydrogen (secondary N) is 1. The molecule has 7 heteroatoms. The monoisotopic (exact) mass is 375 g/mol. The predicted octanol–water partition coefficient (Wildman–Crippen LogP) is 2.65. The number of hydrogen-bond acceptors (Lipinski definition) is 7. The Hall–Kier alpha value is -2.80. The van der Waals surface area contributed by atoms with Crippen LogP contribution in [-0.2, 0) is 6.54 Å². The summed E-state index contributed by atoms with van der Waals surface area (Å²) in [6, 6.07) is 9.50. The largest absolute Gasteiger partial charge is 0.493 e. The van der Waals surface area contributed by atoms with Crippen molar-refractivity contribution in [2.45, 2.75) is 6.54 Å². The van der Waals surface area contributed by atoms with Gasteiger partial charge in [-0.2, -0.15) is 0 Å². The fourth-order valence-corrected chi connectivity index (χ4v) is 2.86. The van der Waals surface area contributed by atoms with Crippen LogP contribution in [0.2, 0.25) is 0 Å². The second kappa shape index (κ2) is 9.23. The van der Waals surface area contributed by atoms with Gasteiger partial charge in [-0.05, 0) is 29.8 Å². The number of para-hydroxylation sites is 1. The molecule has 0 saturated heterocycles. The summed E-state index contributed by atoms with van der Waals surface area (Å²) in [6.07, 6.45) is 0. The molecule has 146 valence electrons. The van der Waals surface area contributed by atoms with Crippen LogP contribution in [0.4, 0.5) is 0 Å². The number of methoxy groups -OCH3 is 3. The molecule has 2 aromatic rings. The van der Waals surface area contributed by atoms with Crippen molar-refractivity contribution in [1.29, 1.82) is 0 Å². The smallest absolute Gasteiger partial charge is 0.203 e. The minimum Gasteiger partial charge on any atom is -0.493 e. The summed E-state index contributed by atoms with van der Waals surface area (Å²) in [4.78, 5) is 0. The van der Waals surface area contributed by atoms with Gasteiger partial charge in [0.2, 0.25) is 11.5 Å². The van der Waals surface area contributed by atoms with Gasteiger partial charge in [0.05, 0.1) is 21.3 Å². The van der Waals surface area contributed by atoms with Crippen molar-refractivity contribution in [3.63, 3.8) is 0 Å². The quantitative estimate of drug-likeness (QED) is 0.676. The molecule has 27 heavy (non-hydrogen) atoms. The zero-order chi connectivity index (χ0) is 19.1. The van der Waals surface area contributed by atoms with E-state index in [1.165, 1.54) is 0 Å². The van der Waals surface area contributed by atoms with Crippen LogP contribution in [0.1, 0.15) is 5.56 Å². The third-order valence-electron chi connectivity index (χ3n) is 4.12. The van der Waals surface area contributed by atoms with E-state index in [0.717, 1.165) is 11.3 Å². The normalized spacial score (nSPS) is 12.4. The third kappa shape index (κ3) is 4.49. The Bertz CT molecular complexity index is 739. The van der Waals surface area contributed by atoms with E-state index in [-0.39, 0.29) is 0 Å². The van der Waals surface area contributed by atoms with E-state index in [0.29, 0.717) is 61.7 Å². The molecule has 1 heterocycles. The lowest BCUT2D eigenvalue weighted by Gasteiger charge is -2.20. The highest BCUT2D eigenvalue weighted by Crippen LogP contribution is 2.39. The van der Waals surface area contributed by atoms with E-state index in [2.05, 4.69) is 5.32 Å². The van der Waals surface area contributed by atoms with Gasteiger partial charge < -0.3 is 33.7 Å². The first-order valence-electron chi connectivity index (χ1n) is 8.77. The zero-order valence-electron chi connectivity index (χ0n) is 15.9. The van der Waals surface area contributed by atoms with Crippen LogP contribution in [0.15, 0.2) is 30.3 Å². The molecule has 0 aliphatic carbocycles. The van der Waals surface area contributed by atoms with Gasteiger partial charge in [-0.3, -0.25) is 0 Å². The Kier molecular flexibility index (Phi) is 6.49. The number of ether oxygens (including phenoxy) is 6. The molecule has 0 saturated carbocycles. The van der Waals surface area contributed by atoms with E-state index in [1.54, 1.807) is 21.3 Å². The standard InChI is InChI=1S/C20H25NO6/c1-22-17-11-14(12-18(23-2)19(17)24-3)13-21-7-8-25-15-5-4-6-16-20(15)27-10-9-26-16/h4-6,11-12,21H,7-10,13H2,1-3H3. The minimum absolute atomic E-state index is 0.504. The van der Waals surface area contributed by atoms with Gasteiger partial charge in [-0.15, -0.1) is 0 Å². The van der Waals surface area contributed by atoms with Gasteiger partial charge in [0.1, 0.15) is 19.8 Å². The molecule has 2 aromatic carbocycles. The maximum Gasteiger partial charge on any atom is 0.203 e. The van der Waals surface area contributed by atoms with Crippen LogP contribution in [0.5, 0.6) is 34.5 Å². The molecule has 1 N–H and O–H groups in total.